The summed E-state index contributed by atoms with van der Waals surface area (Å²) >= 11 is 1.47. The van der Waals surface area contributed by atoms with E-state index in [0.717, 1.165) is 0 Å². The summed E-state index contributed by atoms with van der Waals surface area (Å²) in [6, 6.07) is 1.81. The van der Waals surface area contributed by atoms with Gasteiger partial charge in [-0.1, -0.05) is 0 Å². The molecular formula is C10H11N7OS. The van der Waals surface area contributed by atoms with Crippen molar-refractivity contribution in [1.29, 1.82) is 0 Å². The summed E-state index contributed by atoms with van der Waals surface area (Å²) in [7, 11) is 0. The van der Waals surface area contributed by atoms with Gasteiger partial charge in [-0.25, -0.2) is 4.98 Å². The minimum atomic E-state index is -0.627. The van der Waals surface area contributed by atoms with Crippen molar-refractivity contribution in [3.8, 4) is 11.5 Å². The van der Waals surface area contributed by atoms with E-state index in [2.05, 4.69) is 25.5 Å². The van der Waals surface area contributed by atoms with Gasteiger partial charge in [-0.15, -0.1) is 21.5 Å². The van der Waals surface area contributed by atoms with Crippen LogP contribution in [0.1, 0.15) is 0 Å². The van der Waals surface area contributed by atoms with Gasteiger partial charge >= 0.3 is 0 Å². The molecular weight excluding hydrogens is 266 g/mol. The predicted octanol–water partition coefficient (Wildman–Crippen LogP) is 0.0542. The van der Waals surface area contributed by atoms with E-state index in [1.807, 2.05) is 5.38 Å². The minimum Gasteiger partial charge on any atom is -0.389 e. The van der Waals surface area contributed by atoms with Crippen LogP contribution >= 0.6 is 11.3 Å². The van der Waals surface area contributed by atoms with Gasteiger partial charge in [-0.2, -0.15) is 9.90 Å². The van der Waals surface area contributed by atoms with Gasteiger partial charge in [0.25, 0.3) is 0 Å². The van der Waals surface area contributed by atoms with E-state index in [9.17, 15) is 5.11 Å². The van der Waals surface area contributed by atoms with Gasteiger partial charge in [0.2, 0.25) is 5.82 Å². The monoisotopic (exact) mass is 277 g/mol. The maximum absolute atomic E-state index is 9.91. The maximum atomic E-state index is 9.91. The van der Waals surface area contributed by atoms with E-state index in [-0.39, 0.29) is 6.54 Å². The second kappa shape index (κ2) is 5.24. The first kappa shape index (κ1) is 11.9. The number of hydrogen-bond acceptors (Lipinski definition) is 7. The van der Waals surface area contributed by atoms with Crippen molar-refractivity contribution >= 4 is 11.3 Å². The summed E-state index contributed by atoms with van der Waals surface area (Å²) in [5, 5.41) is 27.8. The van der Waals surface area contributed by atoms with Gasteiger partial charge in [0.05, 0.1) is 24.7 Å². The molecule has 3 rings (SSSR count). The number of rotatable bonds is 5. The lowest BCUT2D eigenvalue weighted by Gasteiger charge is -2.08. The van der Waals surface area contributed by atoms with E-state index in [1.54, 1.807) is 28.7 Å². The third kappa shape index (κ3) is 2.83. The highest BCUT2D eigenvalue weighted by Gasteiger charge is 2.11. The van der Waals surface area contributed by atoms with Gasteiger partial charge in [-0.3, -0.25) is 4.68 Å². The van der Waals surface area contributed by atoms with Gasteiger partial charge in [-0.05, 0) is 11.3 Å². The normalized spacial score (nSPS) is 12.7. The van der Waals surface area contributed by atoms with Crippen molar-refractivity contribution in [3.63, 3.8) is 0 Å². The van der Waals surface area contributed by atoms with Crippen molar-refractivity contribution in [2.45, 2.75) is 19.2 Å². The van der Waals surface area contributed by atoms with Crippen LogP contribution in [0.2, 0.25) is 0 Å². The smallest absolute Gasteiger partial charge is 0.224 e. The maximum Gasteiger partial charge on any atom is 0.224 e. The molecule has 0 aliphatic rings. The third-order valence-electron chi connectivity index (χ3n) is 2.45. The van der Waals surface area contributed by atoms with Gasteiger partial charge in [0, 0.05) is 17.8 Å². The van der Waals surface area contributed by atoms with Crippen molar-refractivity contribution in [3.05, 3.63) is 29.4 Å². The molecule has 0 saturated heterocycles. The zero-order chi connectivity index (χ0) is 13.1. The Labute approximate surface area is 112 Å². The van der Waals surface area contributed by atoms with Crippen LogP contribution in [-0.2, 0) is 13.1 Å². The fourth-order valence-electron chi connectivity index (χ4n) is 1.62. The molecule has 1 atom stereocenters. The topological polar surface area (TPSA) is 94.5 Å². The average Bonchev–Trinajstić information content (AvgIpc) is 3.09. The zero-order valence-corrected chi connectivity index (χ0v) is 10.7. The standard InChI is InChI=1S/C10H11N7OS/c18-8(4-16-3-1-2-12-16)5-17-14-10(13-15-17)9-6-19-7-11-9/h1-3,6-8,18H,4-5H2. The summed E-state index contributed by atoms with van der Waals surface area (Å²) in [4.78, 5) is 5.47. The summed E-state index contributed by atoms with van der Waals surface area (Å²) in [5.74, 6) is 0.465. The number of aliphatic hydroxyl groups excluding tert-OH is 1. The highest BCUT2D eigenvalue weighted by atomic mass is 32.1. The molecule has 0 aromatic carbocycles. The van der Waals surface area contributed by atoms with Crippen LogP contribution in [0.4, 0.5) is 0 Å². The molecule has 3 aromatic heterocycles. The molecule has 98 valence electrons. The number of tetrazole rings is 1. The van der Waals surface area contributed by atoms with Crippen molar-refractivity contribution in [1.82, 2.24) is 35.0 Å². The number of aliphatic hydroxyl groups is 1. The Morgan fingerprint density at radius 1 is 1.37 bits per heavy atom. The summed E-state index contributed by atoms with van der Waals surface area (Å²) < 4.78 is 1.66. The number of aromatic nitrogens is 7. The van der Waals surface area contributed by atoms with Gasteiger partial charge in [0.1, 0.15) is 5.69 Å². The van der Waals surface area contributed by atoms with Crippen LogP contribution in [0.25, 0.3) is 11.5 Å². The molecule has 0 spiro atoms. The van der Waals surface area contributed by atoms with Crippen LogP contribution < -0.4 is 0 Å². The Hall–Kier alpha value is -2.13. The fourth-order valence-corrected chi connectivity index (χ4v) is 2.15. The Morgan fingerprint density at radius 3 is 3.05 bits per heavy atom. The number of hydrogen-bond donors (Lipinski definition) is 1. The first-order valence-electron chi connectivity index (χ1n) is 5.63. The summed E-state index contributed by atoms with van der Waals surface area (Å²) in [5.41, 5.74) is 2.40. The first-order chi connectivity index (χ1) is 9.31. The Kier molecular flexibility index (Phi) is 3.29. The highest BCUT2D eigenvalue weighted by Crippen LogP contribution is 2.12. The van der Waals surface area contributed by atoms with Crippen LogP contribution in [-0.4, -0.2) is 46.2 Å². The van der Waals surface area contributed by atoms with Crippen LogP contribution in [0.3, 0.4) is 0 Å². The quantitative estimate of drug-likeness (QED) is 0.708. The molecule has 9 heteroatoms. The van der Waals surface area contributed by atoms with E-state index in [1.165, 1.54) is 16.1 Å². The zero-order valence-electron chi connectivity index (χ0n) is 9.86. The van der Waals surface area contributed by atoms with Crippen molar-refractivity contribution in [2.75, 3.05) is 0 Å². The Balaban J connectivity index is 1.64. The minimum absolute atomic E-state index is 0.261. The van der Waals surface area contributed by atoms with E-state index in [0.29, 0.717) is 18.1 Å². The lowest BCUT2D eigenvalue weighted by molar-refractivity contribution is 0.120. The van der Waals surface area contributed by atoms with Gasteiger partial charge in [0.15, 0.2) is 0 Å². The first-order valence-corrected chi connectivity index (χ1v) is 6.57. The molecule has 0 saturated carbocycles. The molecule has 0 aliphatic heterocycles. The van der Waals surface area contributed by atoms with E-state index in [4.69, 9.17) is 0 Å². The second-order valence-electron chi connectivity index (χ2n) is 3.92. The number of thiazole rings is 1. The summed E-state index contributed by atoms with van der Waals surface area (Å²) in [6.45, 7) is 0.650. The lowest BCUT2D eigenvalue weighted by atomic mass is 10.3. The largest absolute Gasteiger partial charge is 0.389 e. The Bertz CT molecular complexity index is 618. The van der Waals surface area contributed by atoms with E-state index < -0.39 is 6.10 Å². The molecule has 0 amide bonds. The second-order valence-corrected chi connectivity index (χ2v) is 4.64. The molecule has 0 radical (unpaired) electrons. The number of nitrogens with zero attached hydrogens (tertiary/aromatic N) is 7. The lowest BCUT2D eigenvalue weighted by Crippen LogP contribution is -2.23. The predicted molar refractivity (Wildman–Crippen MR) is 67.2 cm³/mol. The fraction of sp³-hybridized carbons (Fsp3) is 0.300. The van der Waals surface area contributed by atoms with Crippen LogP contribution in [0.15, 0.2) is 29.4 Å². The average molecular weight is 277 g/mol. The van der Waals surface area contributed by atoms with Crippen molar-refractivity contribution < 1.29 is 5.11 Å². The Morgan fingerprint density at radius 2 is 2.32 bits per heavy atom. The molecule has 0 fully saturated rings. The third-order valence-corrected chi connectivity index (χ3v) is 3.03. The van der Waals surface area contributed by atoms with Crippen LogP contribution in [0.5, 0.6) is 0 Å². The molecule has 1 unspecified atom stereocenters. The molecule has 3 aromatic rings. The SMILES string of the molecule is OC(Cn1cccn1)Cn1nnc(-c2cscn2)n1. The van der Waals surface area contributed by atoms with E-state index >= 15 is 0 Å². The molecule has 1 N–H and O–H groups in total. The molecule has 3 heterocycles. The molecule has 19 heavy (non-hydrogen) atoms. The highest BCUT2D eigenvalue weighted by molar-refractivity contribution is 7.07. The van der Waals surface area contributed by atoms with Crippen molar-refractivity contribution in [2.24, 2.45) is 0 Å². The summed E-state index contributed by atoms with van der Waals surface area (Å²) in [6.07, 6.45) is 2.83. The van der Waals surface area contributed by atoms with Gasteiger partial charge < -0.3 is 5.11 Å². The molecule has 8 nitrogen and oxygen atoms in total. The molecule has 0 bridgehead atoms. The van der Waals surface area contributed by atoms with Crippen LogP contribution in [0, 0.1) is 0 Å². The molecule has 0 aliphatic carbocycles.